The second kappa shape index (κ2) is 12.8. The Morgan fingerprint density at radius 1 is 1.02 bits per heavy atom. The maximum Gasteiger partial charge on any atom is 0.341 e. The van der Waals surface area contributed by atoms with Crippen molar-refractivity contribution in [3.8, 4) is 16.9 Å². The molecule has 2 heterocycles. The number of hydrogen-bond acceptors (Lipinski definition) is 6. The topological polar surface area (TPSA) is 89.9 Å². The minimum absolute atomic E-state index is 0.0534. The standard InChI is InChI=1S/C31H34ClN3O5S/c1-7-34(8-2)25(36)17-40-22-13-10-20(11-14-22)26-19(5)41-30(27(26)31(38)39-6)33-29(37)28-18(4)23-16-21(32)12-15-24(23)35(28)9-3/h10-16H,7-9,17H2,1-6H3,(H,33,37). The van der Waals surface area contributed by atoms with Crippen LogP contribution in [-0.2, 0) is 16.1 Å². The molecule has 0 aliphatic rings. The van der Waals surface area contributed by atoms with Crippen LogP contribution in [0.2, 0.25) is 5.02 Å². The van der Waals surface area contributed by atoms with Crippen LogP contribution in [0.25, 0.3) is 22.0 Å². The van der Waals surface area contributed by atoms with Crippen molar-refractivity contribution in [3.05, 3.63) is 69.2 Å². The van der Waals surface area contributed by atoms with Crippen molar-refractivity contribution in [2.75, 3.05) is 32.1 Å². The molecule has 0 saturated carbocycles. The quantitative estimate of drug-likeness (QED) is 0.200. The van der Waals surface area contributed by atoms with Crippen molar-refractivity contribution >= 4 is 56.6 Å². The molecule has 41 heavy (non-hydrogen) atoms. The van der Waals surface area contributed by atoms with Crippen LogP contribution in [0.5, 0.6) is 5.75 Å². The van der Waals surface area contributed by atoms with E-state index in [-0.39, 0.29) is 24.0 Å². The van der Waals surface area contributed by atoms with E-state index in [1.165, 1.54) is 18.4 Å². The van der Waals surface area contributed by atoms with Gasteiger partial charge < -0.3 is 24.3 Å². The van der Waals surface area contributed by atoms with Crippen molar-refractivity contribution in [2.24, 2.45) is 0 Å². The van der Waals surface area contributed by atoms with Gasteiger partial charge in [0.2, 0.25) is 0 Å². The molecule has 0 aliphatic carbocycles. The van der Waals surface area contributed by atoms with E-state index < -0.39 is 5.97 Å². The number of thiophene rings is 1. The Kier molecular flexibility index (Phi) is 9.40. The summed E-state index contributed by atoms with van der Waals surface area (Å²) in [7, 11) is 1.32. The average Bonchev–Trinajstić information content (AvgIpc) is 3.44. The molecular weight excluding hydrogens is 562 g/mol. The maximum atomic E-state index is 13.7. The Morgan fingerprint density at radius 2 is 1.71 bits per heavy atom. The molecule has 0 bridgehead atoms. The van der Waals surface area contributed by atoms with Gasteiger partial charge >= 0.3 is 5.97 Å². The summed E-state index contributed by atoms with van der Waals surface area (Å²) < 4.78 is 12.8. The summed E-state index contributed by atoms with van der Waals surface area (Å²) in [4.78, 5) is 41.6. The van der Waals surface area contributed by atoms with Gasteiger partial charge in [-0.05, 0) is 76.1 Å². The Morgan fingerprint density at radius 3 is 2.32 bits per heavy atom. The molecule has 2 aromatic heterocycles. The smallest absolute Gasteiger partial charge is 0.341 e. The SMILES string of the molecule is CCN(CC)C(=O)COc1ccc(-c2c(C)sc(NC(=O)c3c(C)c4cc(Cl)ccc4n3CC)c2C(=O)OC)cc1. The first kappa shape index (κ1) is 30.1. The Labute approximate surface area is 248 Å². The molecule has 10 heteroatoms. The third-order valence-electron chi connectivity index (χ3n) is 7.13. The fourth-order valence-corrected chi connectivity index (χ4v) is 6.32. The molecule has 0 unspecified atom stereocenters. The number of rotatable bonds is 10. The van der Waals surface area contributed by atoms with Gasteiger partial charge in [0.25, 0.3) is 11.8 Å². The van der Waals surface area contributed by atoms with E-state index in [9.17, 15) is 14.4 Å². The number of likely N-dealkylation sites (N-methyl/N-ethyl adjacent to an activating group) is 1. The van der Waals surface area contributed by atoms with E-state index in [2.05, 4.69) is 5.32 Å². The second-order valence-electron chi connectivity index (χ2n) is 9.44. The van der Waals surface area contributed by atoms with Crippen molar-refractivity contribution in [2.45, 2.75) is 41.2 Å². The zero-order chi connectivity index (χ0) is 29.8. The molecule has 0 fully saturated rings. The molecule has 2 amide bonds. The van der Waals surface area contributed by atoms with Crippen LogP contribution in [0.3, 0.4) is 0 Å². The van der Waals surface area contributed by atoms with Crippen LogP contribution in [0.15, 0.2) is 42.5 Å². The summed E-state index contributed by atoms with van der Waals surface area (Å²) in [6.07, 6.45) is 0. The summed E-state index contributed by atoms with van der Waals surface area (Å²) in [6, 6.07) is 12.7. The average molecular weight is 596 g/mol. The number of benzene rings is 2. The molecule has 0 spiro atoms. The first-order valence-electron chi connectivity index (χ1n) is 13.5. The molecule has 4 rings (SSSR count). The summed E-state index contributed by atoms with van der Waals surface area (Å²) >= 11 is 7.55. The van der Waals surface area contributed by atoms with E-state index in [1.807, 2.05) is 63.5 Å². The number of aryl methyl sites for hydroxylation is 3. The zero-order valence-electron chi connectivity index (χ0n) is 24.1. The number of carbonyl (C=O) groups is 3. The van der Waals surface area contributed by atoms with Crippen molar-refractivity contribution in [1.82, 2.24) is 9.47 Å². The number of esters is 1. The van der Waals surface area contributed by atoms with Crippen LogP contribution in [-0.4, -0.2) is 54.1 Å². The molecule has 0 aliphatic heterocycles. The van der Waals surface area contributed by atoms with Gasteiger partial charge in [-0.1, -0.05) is 23.7 Å². The van der Waals surface area contributed by atoms with Crippen LogP contribution >= 0.6 is 22.9 Å². The molecule has 4 aromatic rings. The maximum absolute atomic E-state index is 13.7. The number of nitrogens with one attached hydrogen (secondary N) is 1. The molecule has 1 N–H and O–H groups in total. The monoisotopic (exact) mass is 595 g/mol. The number of aromatic nitrogens is 1. The van der Waals surface area contributed by atoms with E-state index in [1.54, 1.807) is 23.1 Å². The first-order chi connectivity index (χ1) is 19.6. The summed E-state index contributed by atoms with van der Waals surface area (Å²) in [5.41, 5.74) is 3.95. The van der Waals surface area contributed by atoms with E-state index in [0.717, 1.165) is 26.9 Å². The number of fused-ring (bicyclic) bond motifs is 1. The highest BCUT2D eigenvalue weighted by atomic mass is 35.5. The molecule has 0 atom stereocenters. The number of nitrogens with zero attached hydrogens (tertiary/aromatic N) is 2. The highest BCUT2D eigenvalue weighted by Gasteiger charge is 2.27. The molecular formula is C31H34ClN3O5S. The zero-order valence-corrected chi connectivity index (χ0v) is 25.7. The van der Waals surface area contributed by atoms with E-state index >= 15 is 0 Å². The number of amides is 2. The van der Waals surface area contributed by atoms with Gasteiger partial charge in [-0.25, -0.2) is 4.79 Å². The fraction of sp³-hybridized carbons (Fsp3) is 0.323. The minimum atomic E-state index is -0.552. The van der Waals surface area contributed by atoms with Crippen LogP contribution in [0, 0.1) is 13.8 Å². The summed E-state index contributed by atoms with van der Waals surface area (Å²) in [5.74, 6) is -0.416. The number of carbonyl (C=O) groups excluding carboxylic acids is 3. The van der Waals surface area contributed by atoms with E-state index in [4.69, 9.17) is 21.1 Å². The lowest BCUT2D eigenvalue weighted by molar-refractivity contribution is -0.132. The van der Waals surface area contributed by atoms with Crippen molar-refractivity contribution in [3.63, 3.8) is 0 Å². The number of methoxy groups -OCH3 is 1. The number of ether oxygens (including phenoxy) is 2. The number of halogens is 1. The largest absolute Gasteiger partial charge is 0.484 e. The molecule has 0 radical (unpaired) electrons. The normalized spacial score (nSPS) is 11.0. The summed E-state index contributed by atoms with van der Waals surface area (Å²) in [5, 5.41) is 4.90. The van der Waals surface area contributed by atoms with Crippen LogP contribution in [0.1, 0.15) is 52.1 Å². The highest BCUT2D eigenvalue weighted by Crippen LogP contribution is 2.41. The van der Waals surface area contributed by atoms with Crippen LogP contribution < -0.4 is 10.1 Å². The highest BCUT2D eigenvalue weighted by molar-refractivity contribution is 7.17. The Bertz CT molecular complexity index is 1600. The van der Waals surface area contributed by atoms with Gasteiger partial charge in [-0.15, -0.1) is 11.3 Å². The molecule has 0 saturated heterocycles. The Hall–Kier alpha value is -3.82. The lowest BCUT2D eigenvalue weighted by Gasteiger charge is -2.18. The van der Waals surface area contributed by atoms with Gasteiger partial charge in [0.15, 0.2) is 6.61 Å². The van der Waals surface area contributed by atoms with Crippen molar-refractivity contribution in [1.29, 1.82) is 0 Å². The molecule has 216 valence electrons. The first-order valence-corrected chi connectivity index (χ1v) is 14.7. The third-order valence-corrected chi connectivity index (χ3v) is 8.39. The number of anilines is 1. The van der Waals surface area contributed by atoms with Gasteiger partial charge in [-0.2, -0.15) is 0 Å². The predicted molar refractivity (Wildman–Crippen MR) is 165 cm³/mol. The van der Waals surface area contributed by atoms with Gasteiger partial charge in [0.05, 0.1) is 7.11 Å². The fourth-order valence-electron chi connectivity index (χ4n) is 5.09. The van der Waals surface area contributed by atoms with Crippen LogP contribution in [0.4, 0.5) is 5.00 Å². The second-order valence-corrected chi connectivity index (χ2v) is 11.1. The van der Waals surface area contributed by atoms with Gasteiger partial charge in [-0.3, -0.25) is 9.59 Å². The molecule has 2 aromatic carbocycles. The third kappa shape index (κ3) is 5.96. The van der Waals surface area contributed by atoms with E-state index in [0.29, 0.717) is 46.7 Å². The lowest BCUT2D eigenvalue weighted by Crippen LogP contribution is -2.34. The van der Waals surface area contributed by atoms with Gasteiger partial charge in [0.1, 0.15) is 22.0 Å². The minimum Gasteiger partial charge on any atom is -0.484 e. The lowest BCUT2D eigenvalue weighted by atomic mass is 10.0. The van der Waals surface area contributed by atoms with Gasteiger partial charge in [0, 0.05) is 46.0 Å². The van der Waals surface area contributed by atoms with Crippen molar-refractivity contribution < 1.29 is 23.9 Å². The Balaban J connectivity index is 1.66. The predicted octanol–water partition coefficient (Wildman–Crippen LogP) is 6.95. The number of hydrogen-bond donors (Lipinski definition) is 1. The summed E-state index contributed by atoms with van der Waals surface area (Å²) in [6.45, 7) is 11.4. The molecule has 8 nitrogen and oxygen atoms in total.